The normalized spacial score (nSPS) is 38.6. The Morgan fingerprint density at radius 1 is 1.21 bits per heavy atom. The van der Waals surface area contributed by atoms with E-state index in [0.717, 1.165) is 12.5 Å². The van der Waals surface area contributed by atoms with Gasteiger partial charge in [0, 0.05) is 31.2 Å². The highest BCUT2D eigenvalue weighted by atomic mass is 16.5. The van der Waals surface area contributed by atoms with Crippen LogP contribution in [0.3, 0.4) is 0 Å². The zero-order valence-electron chi connectivity index (χ0n) is 9.86. The molecule has 14 heavy (non-hydrogen) atoms. The molecule has 0 spiro atoms. The average molecular weight is 197 g/mol. The molecular formula is C12H23NO. The molecule has 0 N–H and O–H groups in total. The van der Waals surface area contributed by atoms with Crippen LogP contribution in [-0.2, 0) is 4.74 Å². The molecule has 3 unspecified atom stereocenters. The van der Waals surface area contributed by atoms with E-state index in [1.54, 1.807) is 0 Å². The van der Waals surface area contributed by atoms with Gasteiger partial charge in [0.2, 0.25) is 0 Å². The molecule has 0 saturated carbocycles. The second kappa shape index (κ2) is 3.82. The Morgan fingerprint density at radius 3 is 2.50 bits per heavy atom. The first kappa shape index (κ1) is 10.4. The second-order valence-corrected chi connectivity index (χ2v) is 5.41. The average Bonchev–Trinajstić information content (AvgIpc) is 2.58. The van der Waals surface area contributed by atoms with Crippen molar-refractivity contribution >= 4 is 0 Å². The third-order valence-electron chi connectivity index (χ3n) is 3.77. The Kier molecular flexibility index (Phi) is 2.85. The van der Waals surface area contributed by atoms with E-state index < -0.39 is 0 Å². The minimum atomic E-state index is 0.525. The van der Waals surface area contributed by atoms with Crippen LogP contribution in [0.5, 0.6) is 0 Å². The SMILES string of the molecule is CC(C)C1C2OCCC2CN1C(C)C. The molecule has 2 heteroatoms. The van der Waals surface area contributed by atoms with Crippen molar-refractivity contribution in [1.82, 2.24) is 4.90 Å². The third-order valence-corrected chi connectivity index (χ3v) is 3.77. The van der Waals surface area contributed by atoms with Gasteiger partial charge in [0.1, 0.15) is 0 Å². The summed E-state index contributed by atoms with van der Waals surface area (Å²) in [6, 6.07) is 1.32. The molecule has 2 nitrogen and oxygen atoms in total. The van der Waals surface area contributed by atoms with Crippen LogP contribution in [0.15, 0.2) is 0 Å². The van der Waals surface area contributed by atoms with E-state index in [0.29, 0.717) is 24.1 Å². The highest BCUT2D eigenvalue weighted by molar-refractivity contribution is 4.99. The number of likely N-dealkylation sites (tertiary alicyclic amines) is 1. The fraction of sp³-hybridized carbons (Fsp3) is 1.00. The van der Waals surface area contributed by atoms with Crippen LogP contribution in [0.1, 0.15) is 34.1 Å². The predicted octanol–water partition coefficient (Wildman–Crippen LogP) is 2.14. The molecule has 2 rings (SSSR count). The molecule has 0 aromatic carbocycles. The van der Waals surface area contributed by atoms with Gasteiger partial charge in [-0.2, -0.15) is 0 Å². The number of hydrogen-bond acceptors (Lipinski definition) is 2. The van der Waals surface area contributed by atoms with Crippen LogP contribution in [0.2, 0.25) is 0 Å². The first-order valence-electron chi connectivity index (χ1n) is 5.98. The minimum Gasteiger partial charge on any atom is -0.376 e. The highest BCUT2D eigenvalue weighted by Gasteiger charge is 2.46. The summed E-state index contributed by atoms with van der Waals surface area (Å²) in [5.41, 5.74) is 0. The number of fused-ring (bicyclic) bond motifs is 1. The van der Waals surface area contributed by atoms with E-state index in [2.05, 4.69) is 32.6 Å². The van der Waals surface area contributed by atoms with Gasteiger partial charge in [0.05, 0.1) is 6.10 Å². The fourth-order valence-electron chi connectivity index (χ4n) is 3.13. The van der Waals surface area contributed by atoms with Gasteiger partial charge < -0.3 is 4.74 Å². The molecular weight excluding hydrogens is 174 g/mol. The van der Waals surface area contributed by atoms with E-state index in [9.17, 15) is 0 Å². The van der Waals surface area contributed by atoms with E-state index in [1.807, 2.05) is 0 Å². The summed E-state index contributed by atoms with van der Waals surface area (Å²) in [4.78, 5) is 2.64. The van der Waals surface area contributed by atoms with Crippen LogP contribution in [0, 0.1) is 11.8 Å². The smallest absolute Gasteiger partial charge is 0.0773 e. The lowest BCUT2D eigenvalue weighted by Gasteiger charge is -2.33. The first-order valence-corrected chi connectivity index (χ1v) is 5.98. The maximum absolute atomic E-state index is 5.89. The van der Waals surface area contributed by atoms with E-state index in [-0.39, 0.29) is 0 Å². The van der Waals surface area contributed by atoms with Gasteiger partial charge >= 0.3 is 0 Å². The summed E-state index contributed by atoms with van der Waals surface area (Å²) in [7, 11) is 0. The van der Waals surface area contributed by atoms with E-state index in [4.69, 9.17) is 4.74 Å². The van der Waals surface area contributed by atoms with Crippen molar-refractivity contribution in [3.05, 3.63) is 0 Å². The van der Waals surface area contributed by atoms with Gasteiger partial charge in [-0.1, -0.05) is 13.8 Å². The lowest BCUT2D eigenvalue weighted by molar-refractivity contribution is 0.0304. The minimum absolute atomic E-state index is 0.525. The Labute approximate surface area is 87.6 Å². The molecule has 0 aliphatic carbocycles. The summed E-state index contributed by atoms with van der Waals surface area (Å²) in [5, 5.41) is 0. The molecule has 2 aliphatic rings. The number of hydrogen-bond donors (Lipinski definition) is 0. The quantitative estimate of drug-likeness (QED) is 0.672. The Balaban J connectivity index is 2.13. The lowest BCUT2D eigenvalue weighted by atomic mass is 9.94. The Hall–Kier alpha value is -0.0800. The fourth-order valence-corrected chi connectivity index (χ4v) is 3.13. The van der Waals surface area contributed by atoms with Crippen molar-refractivity contribution in [3.8, 4) is 0 Å². The number of nitrogens with zero attached hydrogens (tertiary/aromatic N) is 1. The van der Waals surface area contributed by atoms with Crippen molar-refractivity contribution in [3.63, 3.8) is 0 Å². The Bertz CT molecular complexity index is 202. The van der Waals surface area contributed by atoms with Crippen LogP contribution in [-0.4, -0.2) is 36.2 Å². The standard InChI is InChI=1S/C12H23NO/c1-8(2)11-12-10(5-6-14-12)7-13(11)9(3)4/h8-12H,5-7H2,1-4H3. The topological polar surface area (TPSA) is 12.5 Å². The van der Waals surface area contributed by atoms with Crippen LogP contribution in [0.25, 0.3) is 0 Å². The predicted molar refractivity (Wildman–Crippen MR) is 58.3 cm³/mol. The summed E-state index contributed by atoms with van der Waals surface area (Å²) < 4.78 is 5.89. The summed E-state index contributed by atoms with van der Waals surface area (Å²) in [5.74, 6) is 1.52. The molecule has 0 radical (unpaired) electrons. The van der Waals surface area contributed by atoms with Gasteiger partial charge in [-0.05, 0) is 26.2 Å². The van der Waals surface area contributed by atoms with Crippen molar-refractivity contribution in [2.45, 2.75) is 52.3 Å². The molecule has 3 atom stereocenters. The molecule has 0 bridgehead atoms. The van der Waals surface area contributed by atoms with E-state index >= 15 is 0 Å². The summed E-state index contributed by atoms with van der Waals surface area (Å²) in [6.07, 6.45) is 1.80. The Morgan fingerprint density at radius 2 is 1.93 bits per heavy atom. The van der Waals surface area contributed by atoms with Crippen LogP contribution in [0.4, 0.5) is 0 Å². The first-order chi connectivity index (χ1) is 6.61. The van der Waals surface area contributed by atoms with Crippen molar-refractivity contribution in [2.75, 3.05) is 13.2 Å². The van der Waals surface area contributed by atoms with Crippen molar-refractivity contribution in [2.24, 2.45) is 11.8 Å². The molecule has 0 amide bonds. The second-order valence-electron chi connectivity index (χ2n) is 5.41. The largest absolute Gasteiger partial charge is 0.376 e. The van der Waals surface area contributed by atoms with Crippen LogP contribution < -0.4 is 0 Å². The molecule has 2 saturated heterocycles. The van der Waals surface area contributed by atoms with Gasteiger partial charge in [-0.25, -0.2) is 0 Å². The third kappa shape index (κ3) is 1.59. The molecule has 2 aliphatic heterocycles. The van der Waals surface area contributed by atoms with Gasteiger partial charge in [0.15, 0.2) is 0 Å². The monoisotopic (exact) mass is 197 g/mol. The van der Waals surface area contributed by atoms with Crippen molar-refractivity contribution < 1.29 is 4.74 Å². The zero-order chi connectivity index (χ0) is 10.3. The van der Waals surface area contributed by atoms with Gasteiger partial charge in [-0.15, -0.1) is 0 Å². The molecule has 0 aromatic rings. The van der Waals surface area contributed by atoms with Crippen LogP contribution >= 0.6 is 0 Å². The van der Waals surface area contributed by atoms with Gasteiger partial charge in [-0.3, -0.25) is 4.90 Å². The number of rotatable bonds is 2. The van der Waals surface area contributed by atoms with E-state index in [1.165, 1.54) is 13.0 Å². The lowest BCUT2D eigenvalue weighted by Crippen LogP contribution is -2.43. The maximum atomic E-state index is 5.89. The zero-order valence-corrected chi connectivity index (χ0v) is 9.86. The van der Waals surface area contributed by atoms with Gasteiger partial charge in [0.25, 0.3) is 0 Å². The maximum Gasteiger partial charge on any atom is 0.0773 e. The summed E-state index contributed by atoms with van der Waals surface area (Å²) >= 11 is 0. The van der Waals surface area contributed by atoms with Crippen molar-refractivity contribution in [1.29, 1.82) is 0 Å². The summed E-state index contributed by atoms with van der Waals surface area (Å²) in [6.45, 7) is 11.5. The molecule has 2 fully saturated rings. The number of ether oxygens (including phenoxy) is 1. The molecule has 82 valence electrons. The highest BCUT2D eigenvalue weighted by Crippen LogP contribution is 2.37. The molecule has 0 aromatic heterocycles. The molecule has 2 heterocycles.